The minimum atomic E-state index is 0.228. The summed E-state index contributed by atoms with van der Waals surface area (Å²) in [6, 6.07) is 12.0. The highest BCUT2D eigenvalue weighted by molar-refractivity contribution is 7.16. The van der Waals surface area contributed by atoms with Crippen molar-refractivity contribution in [1.82, 2.24) is 9.97 Å². The van der Waals surface area contributed by atoms with Gasteiger partial charge in [-0.25, -0.2) is 9.97 Å². The minimum Gasteiger partial charge on any atom is -0.496 e. The predicted octanol–water partition coefficient (Wildman–Crippen LogP) is 9.85. The summed E-state index contributed by atoms with van der Waals surface area (Å²) in [7, 11) is 3.31. The average Bonchev–Trinajstić information content (AvgIpc) is 3.42. The lowest BCUT2D eigenvalue weighted by molar-refractivity contribution is 0.405. The quantitative estimate of drug-likeness (QED) is 0.183. The zero-order valence-corrected chi connectivity index (χ0v) is 25.3. The Morgan fingerprint density at radius 3 is 1.95 bits per heavy atom. The summed E-state index contributed by atoms with van der Waals surface area (Å²) in [5, 5.41) is 0.545. The van der Waals surface area contributed by atoms with E-state index in [0.717, 1.165) is 58.0 Å². The van der Waals surface area contributed by atoms with Gasteiger partial charge in [-0.1, -0.05) is 55.6 Å². The van der Waals surface area contributed by atoms with Gasteiger partial charge in [-0.05, 0) is 73.1 Å². The van der Waals surface area contributed by atoms with E-state index in [-0.39, 0.29) is 5.92 Å². The largest absolute Gasteiger partial charge is 0.496 e. The molecule has 0 N–H and O–H groups in total. The van der Waals surface area contributed by atoms with Crippen LogP contribution in [-0.4, -0.2) is 24.2 Å². The van der Waals surface area contributed by atoms with Crippen molar-refractivity contribution >= 4 is 57.5 Å². The first-order valence-electron chi connectivity index (χ1n) is 12.0. The molecular weight excluding hydrogens is 567 g/mol. The van der Waals surface area contributed by atoms with Gasteiger partial charge in [0.25, 0.3) is 0 Å². The van der Waals surface area contributed by atoms with Crippen LogP contribution in [0.5, 0.6) is 11.5 Å². The zero-order chi connectivity index (χ0) is 26.7. The molecule has 0 aliphatic carbocycles. The molecule has 0 aliphatic heterocycles. The highest BCUT2D eigenvalue weighted by Crippen LogP contribution is 2.40. The molecule has 37 heavy (non-hydrogen) atoms. The molecule has 0 radical (unpaired) electrons. The molecule has 1 atom stereocenters. The first-order valence-corrected chi connectivity index (χ1v) is 14.8. The van der Waals surface area contributed by atoms with Crippen molar-refractivity contribution in [2.24, 2.45) is 5.92 Å². The van der Waals surface area contributed by atoms with Crippen LogP contribution in [0, 0.1) is 5.92 Å². The van der Waals surface area contributed by atoms with E-state index in [1.807, 2.05) is 24.3 Å². The van der Waals surface area contributed by atoms with Crippen LogP contribution in [0.3, 0.4) is 0 Å². The van der Waals surface area contributed by atoms with E-state index in [0.29, 0.717) is 25.6 Å². The number of thiazole rings is 2. The molecule has 0 saturated carbocycles. The van der Waals surface area contributed by atoms with E-state index in [1.54, 1.807) is 25.6 Å². The SMILES string of the molecule is COc1ccc(-c2nc(Cl)sc2CCC(C)c2cc(-c3nc(Cl)sc3CC(C)C)ccc2OC)cc1Cl. The van der Waals surface area contributed by atoms with Crippen LogP contribution in [0.1, 0.15) is 48.4 Å². The number of hydrogen-bond donors (Lipinski definition) is 0. The fourth-order valence-electron chi connectivity index (χ4n) is 4.36. The number of halogens is 3. The molecule has 4 nitrogen and oxygen atoms in total. The lowest BCUT2D eigenvalue weighted by atomic mass is 9.92. The molecule has 9 heteroatoms. The molecule has 0 fully saturated rings. The van der Waals surface area contributed by atoms with E-state index < -0.39 is 0 Å². The first kappa shape index (κ1) is 28.2. The Hall–Kier alpha value is -1.83. The Balaban J connectivity index is 1.59. The van der Waals surface area contributed by atoms with Crippen LogP contribution in [0.15, 0.2) is 36.4 Å². The van der Waals surface area contributed by atoms with Crippen molar-refractivity contribution < 1.29 is 9.47 Å². The third-order valence-corrected chi connectivity index (χ3v) is 8.90. The molecule has 196 valence electrons. The number of methoxy groups -OCH3 is 2. The normalized spacial score (nSPS) is 12.2. The maximum Gasteiger partial charge on any atom is 0.184 e. The van der Waals surface area contributed by atoms with Gasteiger partial charge in [-0.3, -0.25) is 0 Å². The molecule has 0 spiro atoms. The maximum absolute atomic E-state index is 6.38. The molecule has 4 rings (SSSR count). The Bertz CT molecular complexity index is 1380. The van der Waals surface area contributed by atoms with Crippen molar-refractivity contribution in [3.8, 4) is 34.0 Å². The van der Waals surface area contributed by atoms with E-state index in [9.17, 15) is 0 Å². The number of aromatic nitrogens is 2. The summed E-state index contributed by atoms with van der Waals surface area (Å²) in [6.45, 7) is 6.63. The number of aryl methyl sites for hydroxylation is 1. The second-order valence-electron chi connectivity index (χ2n) is 9.32. The Morgan fingerprint density at radius 2 is 1.35 bits per heavy atom. The van der Waals surface area contributed by atoms with E-state index in [2.05, 4.69) is 42.9 Å². The second-order valence-corrected chi connectivity index (χ2v) is 13.1. The minimum absolute atomic E-state index is 0.228. The predicted molar refractivity (Wildman–Crippen MR) is 159 cm³/mol. The Morgan fingerprint density at radius 1 is 0.784 bits per heavy atom. The van der Waals surface area contributed by atoms with Crippen LogP contribution < -0.4 is 9.47 Å². The lowest BCUT2D eigenvalue weighted by Crippen LogP contribution is -2.01. The van der Waals surface area contributed by atoms with Gasteiger partial charge in [0.15, 0.2) is 8.93 Å². The van der Waals surface area contributed by atoms with Gasteiger partial charge in [-0.15, -0.1) is 22.7 Å². The van der Waals surface area contributed by atoms with Crippen molar-refractivity contribution in [2.75, 3.05) is 14.2 Å². The second kappa shape index (κ2) is 12.4. The van der Waals surface area contributed by atoms with Crippen LogP contribution in [0.25, 0.3) is 22.5 Å². The van der Waals surface area contributed by atoms with Gasteiger partial charge >= 0.3 is 0 Å². The smallest absolute Gasteiger partial charge is 0.184 e. The molecular formula is C28H29Cl3N2O2S2. The van der Waals surface area contributed by atoms with Gasteiger partial charge in [0, 0.05) is 20.9 Å². The zero-order valence-electron chi connectivity index (χ0n) is 21.4. The standard InChI is InChI=1S/C28H29Cl3N2O2S2/c1-15(2)12-24-26(33-28(31)37-24)17-7-9-21(34-4)19(13-17)16(3)6-11-23-25(32-27(30)36-23)18-8-10-22(35-5)20(29)14-18/h7-10,13-16H,6,11-12H2,1-5H3. The van der Waals surface area contributed by atoms with Crippen LogP contribution in [-0.2, 0) is 12.8 Å². The summed E-state index contributed by atoms with van der Waals surface area (Å²) in [6.07, 6.45) is 2.66. The van der Waals surface area contributed by atoms with Gasteiger partial charge < -0.3 is 9.47 Å². The van der Waals surface area contributed by atoms with Crippen LogP contribution in [0.4, 0.5) is 0 Å². The summed E-state index contributed by atoms with van der Waals surface area (Å²) in [5.74, 6) is 2.25. The number of ether oxygens (including phenoxy) is 2. The molecule has 0 bridgehead atoms. The van der Waals surface area contributed by atoms with Crippen molar-refractivity contribution in [3.05, 3.63) is 65.7 Å². The average molecular weight is 596 g/mol. The van der Waals surface area contributed by atoms with Gasteiger partial charge in [0.05, 0.1) is 30.6 Å². The topological polar surface area (TPSA) is 44.2 Å². The third-order valence-electron chi connectivity index (χ3n) is 6.20. The van der Waals surface area contributed by atoms with E-state index >= 15 is 0 Å². The number of rotatable bonds is 10. The molecule has 0 saturated heterocycles. The highest BCUT2D eigenvalue weighted by atomic mass is 35.5. The van der Waals surface area contributed by atoms with Crippen molar-refractivity contribution in [3.63, 3.8) is 0 Å². The number of benzene rings is 2. The van der Waals surface area contributed by atoms with Gasteiger partial charge in [-0.2, -0.15) is 0 Å². The summed E-state index contributed by atoms with van der Waals surface area (Å²) in [5.41, 5.74) is 4.96. The fourth-order valence-corrected chi connectivity index (χ4v) is 7.18. The van der Waals surface area contributed by atoms with Crippen molar-refractivity contribution in [2.45, 2.75) is 46.0 Å². The Labute approximate surface area is 241 Å². The summed E-state index contributed by atoms with van der Waals surface area (Å²) < 4.78 is 12.1. The molecule has 1 unspecified atom stereocenters. The number of nitrogens with zero attached hydrogens (tertiary/aromatic N) is 2. The third kappa shape index (κ3) is 6.61. The van der Waals surface area contributed by atoms with Crippen LogP contribution >= 0.6 is 57.5 Å². The first-order chi connectivity index (χ1) is 17.7. The van der Waals surface area contributed by atoms with Gasteiger partial charge in [0.2, 0.25) is 0 Å². The lowest BCUT2D eigenvalue weighted by Gasteiger charge is -2.17. The van der Waals surface area contributed by atoms with E-state index in [4.69, 9.17) is 44.3 Å². The molecule has 2 heterocycles. The maximum atomic E-state index is 6.38. The fraction of sp³-hybridized carbons (Fsp3) is 0.357. The van der Waals surface area contributed by atoms with Crippen molar-refractivity contribution in [1.29, 1.82) is 0 Å². The Kier molecular flexibility index (Phi) is 9.41. The molecule has 0 aliphatic rings. The molecule has 2 aromatic heterocycles. The van der Waals surface area contributed by atoms with E-state index in [1.165, 1.54) is 16.2 Å². The van der Waals surface area contributed by atoms with Crippen LogP contribution in [0.2, 0.25) is 14.0 Å². The van der Waals surface area contributed by atoms with Gasteiger partial charge in [0.1, 0.15) is 11.5 Å². The molecule has 4 aromatic rings. The summed E-state index contributed by atoms with van der Waals surface area (Å²) >= 11 is 22.1. The highest BCUT2D eigenvalue weighted by Gasteiger charge is 2.20. The molecule has 2 aromatic carbocycles. The molecule has 0 amide bonds. The summed E-state index contributed by atoms with van der Waals surface area (Å²) in [4.78, 5) is 11.6. The monoisotopic (exact) mass is 594 g/mol. The number of hydrogen-bond acceptors (Lipinski definition) is 6.